The van der Waals surface area contributed by atoms with Crippen molar-refractivity contribution in [2.75, 3.05) is 26.8 Å². The standard InChI is InChI=1S/C22H20N2O6/c1-24(11-14-12-28-18-8-4-5-9-19(18)30-14)21(26)13-29-22(27)16-10-20(25)23-17-7-3-2-6-15(16)17/h2-10,14H,11-13H2,1H3,(H,23,25)/t14-/m0/s1. The van der Waals surface area contributed by atoms with Crippen molar-refractivity contribution in [2.45, 2.75) is 6.10 Å². The molecular weight excluding hydrogens is 388 g/mol. The van der Waals surface area contributed by atoms with Crippen LogP contribution in [0.5, 0.6) is 11.5 Å². The van der Waals surface area contributed by atoms with Gasteiger partial charge in [-0.2, -0.15) is 0 Å². The molecule has 8 heteroatoms. The van der Waals surface area contributed by atoms with E-state index in [2.05, 4.69) is 4.98 Å². The highest BCUT2D eigenvalue weighted by Gasteiger charge is 2.24. The van der Waals surface area contributed by atoms with E-state index in [-0.39, 0.29) is 24.1 Å². The molecule has 4 rings (SSSR count). The van der Waals surface area contributed by atoms with Gasteiger partial charge in [-0.15, -0.1) is 0 Å². The normalized spacial score (nSPS) is 14.9. The van der Waals surface area contributed by atoms with Crippen LogP contribution < -0.4 is 15.0 Å². The Hall–Kier alpha value is -3.81. The molecule has 0 saturated heterocycles. The number of carbonyl (C=O) groups excluding carboxylic acids is 2. The molecule has 0 saturated carbocycles. The zero-order valence-corrected chi connectivity index (χ0v) is 16.3. The highest BCUT2D eigenvalue weighted by molar-refractivity contribution is 6.03. The number of hydrogen-bond acceptors (Lipinski definition) is 6. The van der Waals surface area contributed by atoms with Crippen LogP contribution in [-0.4, -0.2) is 54.7 Å². The van der Waals surface area contributed by atoms with Gasteiger partial charge in [0, 0.05) is 24.0 Å². The first-order valence-corrected chi connectivity index (χ1v) is 9.43. The molecule has 0 fully saturated rings. The first-order valence-electron chi connectivity index (χ1n) is 9.43. The number of benzene rings is 2. The quantitative estimate of drug-likeness (QED) is 0.649. The molecule has 1 aromatic heterocycles. The summed E-state index contributed by atoms with van der Waals surface area (Å²) in [7, 11) is 1.60. The molecule has 1 N–H and O–H groups in total. The maximum Gasteiger partial charge on any atom is 0.339 e. The lowest BCUT2D eigenvalue weighted by Gasteiger charge is -2.29. The Morgan fingerprint density at radius 3 is 2.70 bits per heavy atom. The smallest absolute Gasteiger partial charge is 0.339 e. The number of H-pyrrole nitrogens is 1. The lowest BCUT2D eigenvalue weighted by atomic mass is 10.1. The second-order valence-electron chi connectivity index (χ2n) is 6.94. The number of ether oxygens (including phenoxy) is 3. The minimum Gasteiger partial charge on any atom is -0.486 e. The lowest BCUT2D eigenvalue weighted by molar-refractivity contribution is -0.134. The van der Waals surface area contributed by atoms with E-state index in [1.54, 1.807) is 37.4 Å². The van der Waals surface area contributed by atoms with Gasteiger partial charge in [-0.3, -0.25) is 9.59 Å². The zero-order chi connectivity index (χ0) is 21.1. The third kappa shape index (κ3) is 4.12. The van der Waals surface area contributed by atoms with Gasteiger partial charge in [0.05, 0.1) is 12.1 Å². The summed E-state index contributed by atoms with van der Waals surface area (Å²) < 4.78 is 16.7. The van der Waals surface area contributed by atoms with Crippen LogP contribution in [0.1, 0.15) is 10.4 Å². The van der Waals surface area contributed by atoms with Gasteiger partial charge in [0.25, 0.3) is 5.91 Å². The minimum atomic E-state index is -0.731. The fraction of sp³-hybridized carbons (Fsp3) is 0.227. The van der Waals surface area contributed by atoms with E-state index in [1.165, 1.54) is 11.0 Å². The fourth-order valence-corrected chi connectivity index (χ4v) is 3.25. The van der Waals surface area contributed by atoms with Crippen molar-refractivity contribution in [1.82, 2.24) is 9.88 Å². The maximum absolute atomic E-state index is 12.5. The van der Waals surface area contributed by atoms with Gasteiger partial charge in [0.15, 0.2) is 24.2 Å². The maximum atomic E-state index is 12.5. The largest absolute Gasteiger partial charge is 0.486 e. The summed E-state index contributed by atoms with van der Waals surface area (Å²) >= 11 is 0. The van der Waals surface area contributed by atoms with E-state index in [9.17, 15) is 14.4 Å². The summed E-state index contributed by atoms with van der Waals surface area (Å²) in [6, 6.07) is 15.4. The number of aromatic nitrogens is 1. The molecule has 1 amide bonds. The van der Waals surface area contributed by atoms with Crippen LogP contribution in [0.3, 0.4) is 0 Å². The van der Waals surface area contributed by atoms with Crippen LogP contribution in [0.2, 0.25) is 0 Å². The van der Waals surface area contributed by atoms with E-state index >= 15 is 0 Å². The number of rotatable bonds is 5. The third-order valence-electron chi connectivity index (χ3n) is 4.77. The van der Waals surface area contributed by atoms with Crippen LogP contribution in [0.4, 0.5) is 0 Å². The molecule has 1 atom stereocenters. The van der Waals surface area contributed by atoms with Gasteiger partial charge in [-0.25, -0.2) is 4.79 Å². The van der Waals surface area contributed by atoms with Crippen molar-refractivity contribution in [3.05, 3.63) is 70.5 Å². The Morgan fingerprint density at radius 1 is 1.13 bits per heavy atom. The molecule has 1 aliphatic rings. The molecule has 2 heterocycles. The van der Waals surface area contributed by atoms with Crippen molar-refractivity contribution < 1.29 is 23.8 Å². The Labute approximate surface area is 172 Å². The highest BCUT2D eigenvalue weighted by Crippen LogP contribution is 2.30. The van der Waals surface area contributed by atoms with Gasteiger partial charge in [0.1, 0.15) is 6.61 Å². The Bertz CT molecular complexity index is 1160. The number of likely N-dealkylation sites (N-methyl/N-ethyl adjacent to an activating group) is 1. The zero-order valence-electron chi connectivity index (χ0n) is 16.3. The molecule has 0 unspecified atom stereocenters. The van der Waals surface area contributed by atoms with Crippen LogP contribution in [0.15, 0.2) is 59.4 Å². The number of pyridine rings is 1. The SMILES string of the molecule is CN(C[C@H]1COc2ccccc2O1)C(=O)COC(=O)c1cc(=O)[nH]c2ccccc12. The molecular formula is C22H20N2O6. The molecule has 0 spiro atoms. The summed E-state index contributed by atoms with van der Waals surface area (Å²) in [5.41, 5.74) is 0.222. The summed E-state index contributed by atoms with van der Waals surface area (Å²) in [5.74, 6) is 0.175. The topological polar surface area (TPSA) is 97.9 Å². The molecule has 30 heavy (non-hydrogen) atoms. The molecule has 3 aromatic rings. The van der Waals surface area contributed by atoms with Gasteiger partial charge in [-0.1, -0.05) is 30.3 Å². The van der Waals surface area contributed by atoms with Crippen molar-refractivity contribution in [1.29, 1.82) is 0 Å². The number of nitrogens with one attached hydrogen (secondary N) is 1. The number of hydrogen-bond donors (Lipinski definition) is 1. The van der Waals surface area contributed by atoms with E-state index in [4.69, 9.17) is 14.2 Å². The number of nitrogens with zero attached hydrogens (tertiary/aromatic N) is 1. The predicted octanol–water partition coefficient (Wildman–Crippen LogP) is 1.98. The minimum absolute atomic E-state index is 0.116. The molecule has 0 bridgehead atoms. The number of fused-ring (bicyclic) bond motifs is 2. The van der Waals surface area contributed by atoms with E-state index in [0.717, 1.165) is 0 Å². The van der Waals surface area contributed by atoms with Gasteiger partial charge in [-0.05, 0) is 18.2 Å². The number of amides is 1. The summed E-state index contributed by atoms with van der Waals surface area (Å²) in [6.45, 7) is 0.145. The van der Waals surface area contributed by atoms with Gasteiger partial charge < -0.3 is 24.1 Å². The van der Waals surface area contributed by atoms with Crippen molar-refractivity contribution >= 4 is 22.8 Å². The average molecular weight is 408 g/mol. The van der Waals surface area contributed by atoms with Crippen molar-refractivity contribution in [3.63, 3.8) is 0 Å². The number of aromatic amines is 1. The van der Waals surface area contributed by atoms with E-state index in [1.807, 2.05) is 18.2 Å². The molecule has 0 radical (unpaired) electrons. The molecule has 1 aliphatic heterocycles. The Balaban J connectivity index is 1.36. The van der Waals surface area contributed by atoms with Crippen LogP contribution in [-0.2, 0) is 9.53 Å². The highest BCUT2D eigenvalue weighted by atomic mass is 16.6. The summed E-state index contributed by atoms with van der Waals surface area (Å²) in [6.07, 6.45) is -0.332. The number of para-hydroxylation sites is 3. The van der Waals surface area contributed by atoms with Crippen LogP contribution in [0, 0.1) is 0 Å². The lowest BCUT2D eigenvalue weighted by Crippen LogP contribution is -2.43. The van der Waals surface area contributed by atoms with Gasteiger partial charge >= 0.3 is 5.97 Å². The Morgan fingerprint density at radius 2 is 1.87 bits per heavy atom. The third-order valence-corrected chi connectivity index (χ3v) is 4.77. The Kier molecular flexibility index (Phi) is 5.38. The van der Waals surface area contributed by atoms with Crippen LogP contribution in [0.25, 0.3) is 10.9 Å². The second kappa shape index (κ2) is 8.28. The molecule has 2 aromatic carbocycles. The monoisotopic (exact) mass is 408 g/mol. The molecule has 154 valence electrons. The average Bonchev–Trinajstić information content (AvgIpc) is 2.76. The van der Waals surface area contributed by atoms with Crippen LogP contribution >= 0.6 is 0 Å². The van der Waals surface area contributed by atoms with Gasteiger partial charge in [0.2, 0.25) is 5.56 Å². The molecule has 0 aliphatic carbocycles. The fourth-order valence-electron chi connectivity index (χ4n) is 3.25. The first-order chi connectivity index (χ1) is 14.5. The first kappa shape index (κ1) is 19.5. The number of carbonyl (C=O) groups is 2. The van der Waals surface area contributed by atoms with Crippen molar-refractivity contribution in [3.8, 4) is 11.5 Å². The summed E-state index contributed by atoms with van der Waals surface area (Å²) in [5, 5.41) is 0.550. The summed E-state index contributed by atoms with van der Waals surface area (Å²) in [4.78, 5) is 40.8. The molecule has 8 nitrogen and oxygen atoms in total. The number of esters is 1. The second-order valence-corrected chi connectivity index (χ2v) is 6.94. The van der Waals surface area contributed by atoms with E-state index in [0.29, 0.717) is 29.0 Å². The van der Waals surface area contributed by atoms with E-state index < -0.39 is 18.1 Å². The predicted molar refractivity (Wildman–Crippen MR) is 109 cm³/mol. The van der Waals surface area contributed by atoms with Crippen molar-refractivity contribution in [2.24, 2.45) is 0 Å².